The zero-order valence-corrected chi connectivity index (χ0v) is 19.2. The molecule has 0 aliphatic carbocycles. The molecule has 8 heteroatoms. The van der Waals surface area contributed by atoms with Crippen molar-refractivity contribution >= 4 is 22.5 Å². The molecule has 36 heavy (non-hydrogen) atoms. The van der Waals surface area contributed by atoms with Crippen molar-refractivity contribution in [2.45, 2.75) is 19.8 Å². The SMILES string of the molecule is [C-]#[N+]c1ccccc1OCc1cccc(Oc2ccc(-n3c4c(c5ncnc(N)c53)COC4)cc2)c1. The van der Waals surface area contributed by atoms with Crippen LogP contribution in [0.4, 0.5) is 11.5 Å². The molecule has 1 aliphatic heterocycles. The smallest absolute Gasteiger partial charge is 0.228 e. The van der Waals surface area contributed by atoms with Crippen molar-refractivity contribution in [3.8, 4) is 22.9 Å². The Morgan fingerprint density at radius 3 is 2.69 bits per heavy atom. The zero-order chi connectivity index (χ0) is 24.5. The van der Waals surface area contributed by atoms with Gasteiger partial charge >= 0.3 is 0 Å². The van der Waals surface area contributed by atoms with Crippen LogP contribution in [0.5, 0.6) is 17.2 Å². The number of nitrogens with two attached hydrogens (primary N) is 1. The number of rotatable bonds is 6. The Balaban J connectivity index is 1.22. The van der Waals surface area contributed by atoms with Crippen LogP contribution in [-0.4, -0.2) is 14.5 Å². The number of para-hydroxylation sites is 2. The third-order valence-corrected chi connectivity index (χ3v) is 6.07. The van der Waals surface area contributed by atoms with E-state index in [0.29, 0.717) is 48.6 Å². The second-order valence-corrected chi connectivity index (χ2v) is 8.32. The summed E-state index contributed by atoms with van der Waals surface area (Å²) in [5.74, 6) is 2.40. The summed E-state index contributed by atoms with van der Waals surface area (Å²) in [6.45, 7) is 8.62. The molecule has 0 fully saturated rings. The van der Waals surface area contributed by atoms with E-state index in [1.807, 2.05) is 60.7 Å². The fraction of sp³-hybridized carbons (Fsp3) is 0.107. The van der Waals surface area contributed by atoms with Gasteiger partial charge in [-0.05, 0) is 48.0 Å². The third kappa shape index (κ3) is 3.87. The van der Waals surface area contributed by atoms with Crippen LogP contribution in [0.2, 0.25) is 0 Å². The second-order valence-electron chi connectivity index (χ2n) is 8.32. The molecule has 0 spiro atoms. The van der Waals surface area contributed by atoms with E-state index >= 15 is 0 Å². The lowest BCUT2D eigenvalue weighted by Crippen LogP contribution is -2.03. The Labute approximate surface area is 207 Å². The number of aromatic nitrogens is 3. The molecule has 176 valence electrons. The van der Waals surface area contributed by atoms with E-state index in [0.717, 1.165) is 33.5 Å². The number of nitrogen functional groups attached to an aromatic ring is 1. The molecule has 1 aliphatic rings. The van der Waals surface area contributed by atoms with E-state index in [4.69, 9.17) is 26.5 Å². The van der Waals surface area contributed by atoms with Gasteiger partial charge < -0.3 is 24.5 Å². The van der Waals surface area contributed by atoms with Gasteiger partial charge in [-0.2, -0.15) is 0 Å². The maximum absolute atomic E-state index is 7.28. The molecule has 5 aromatic rings. The van der Waals surface area contributed by atoms with Crippen molar-refractivity contribution in [3.63, 3.8) is 0 Å². The largest absolute Gasteiger partial charge is 0.500 e. The summed E-state index contributed by atoms with van der Waals surface area (Å²) in [4.78, 5) is 12.1. The van der Waals surface area contributed by atoms with E-state index in [1.165, 1.54) is 6.33 Å². The zero-order valence-electron chi connectivity index (χ0n) is 19.2. The lowest BCUT2D eigenvalue weighted by molar-refractivity contribution is 0.132. The molecule has 3 heterocycles. The molecular weight excluding hydrogens is 454 g/mol. The van der Waals surface area contributed by atoms with Crippen molar-refractivity contribution in [1.82, 2.24) is 14.5 Å². The van der Waals surface area contributed by atoms with Gasteiger partial charge in [0.1, 0.15) is 41.2 Å². The Morgan fingerprint density at radius 2 is 1.83 bits per heavy atom. The first-order chi connectivity index (χ1) is 17.7. The maximum atomic E-state index is 7.28. The lowest BCUT2D eigenvalue weighted by Gasteiger charge is -2.12. The van der Waals surface area contributed by atoms with Crippen LogP contribution >= 0.6 is 0 Å². The molecule has 2 N–H and O–H groups in total. The third-order valence-electron chi connectivity index (χ3n) is 6.07. The van der Waals surface area contributed by atoms with Gasteiger partial charge in [-0.3, -0.25) is 0 Å². The van der Waals surface area contributed by atoms with Gasteiger partial charge in [0.15, 0.2) is 5.82 Å². The van der Waals surface area contributed by atoms with Crippen LogP contribution < -0.4 is 15.2 Å². The van der Waals surface area contributed by atoms with E-state index < -0.39 is 0 Å². The first-order valence-corrected chi connectivity index (χ1v) is 11.4. The summed E-state index contributed by atoms with van der Waals surface area (Å²) >= 11 is 0. The summed E-state index contributed by atoms with van der Waals surface area (Å²) in [6.07, 6.45) is 1.49. The van der Waals surface area contributed by atoms with E-state index in [9.17, 15) is 0 Å². The van der Waals surface area contributed by atoms with Gasteiger partial charge in [0, 0.05) is 11.3 Å². The van der Waals surface area contributed by atoms with Gasteiger partial charge in [0.2, 0.25) is 5.69 Å². The first kappa shape index (κ1) is 21.6. The number of anilines is 1. The van der Waals surface area contributed by atoms with Gasteiger partial charge in [-0.1, -0.05) is 30.3 Å². The fourth-order valence-corrected chi connectivity index (χ4v) is 4.41. The maximum Gasteiger partial charge on any atom is 0.228 e. The minimum atomic E-state index is 0.333. The van der Waals surface area contributed by atoms with Crippen molar-refractivity contribution in [1.29, 1.82) is 0 Å². The molecule has 6 rings (SSSR count). The Kier molecular flexibility index (Phi) is 5.45. The second kappa shape index (κ2) is 9.06. The van der Waals surface area contributed by atoms with Crippen LogP contribution in [0.15, 0.2) is 79.1 Å². The Morgan fingerprint density at radius 1 is 0.972 bits per heavy atom. The van der Waals surface area contributed by atoms with Crippen molar-refractivity contribution < 1.29 is 14.2 Å². The van der Waals surface area contributed by atoms with Crippen LogP contribution in [0.3, 0.4) is 0 Å². The lowest BCUT2D eigenvalue weighted by atomic mass is 10.2. The van der Waals surface area contributed by atoms with E-state index in [-0.39, 0.29) is 0 Å². The summed E-state index contributed by atoms with van der Waals surface area (Å²) in [6, 6.07) is 22.7. The van der Waals surface area contributed by atoms with Crippen molar-refractivity contribution in [2.75, 3.05) is 5.73 Å². The Hall–Kier alpha value is -4.87. The molecule has 0 atom stereocenters. The highest BCUT2D eigenvalue weighted by molar-refractivity contribution is 5.91. The number of nitrogens with zero attached hydrogens (tertiary/aromatic N) is 4. The predicted molar refractivity (Wildman–Crippen MR) is 135 cm³/mol. The van der Waals surface area contributed by atoms with Crippen LogP contribution in [0, 0.1) is 6.57 Å². The summed E-state index contributed by atoms with van der Waals surface area (Å²) in [7, 11) is 0. The average Bonchev–Trinajstić information content (AvgIpc) is 3.51. The predicted octanol–water partition coefficient (Wildman–Crippen LogP) is 5.95. The number of benzene rings is 3. The van der Waals surface area contributed by atoms with Gasteiger partial charge in [-0.25, -0.2) is 14.8 Å². The summed E-state index contributed by atoms with van der Waals surface area (Å²) < 4.78 is 19.7. The molecule has 3 aromatic carbocycles. The minimum Gasteiger partial charge on any atom is -0.500 e. The molecule has 0 bridgehead atoms. The number of hydrogen-bond donors (Lipinski definition) is 1. The van der Waals surface area contributed by atoms with E-state index in [2.05, 4.69) is 19.4 Å². The molecular formula is C28H21N5O3. The standard InChI is InChI=1S/C28H21N5O3/c1-30-23-7-2-3-8-25(23)35-14-18-5-4-6-21(13-18)36-20-11-9-19(10-12-20)33-24-16-34-15-22(24)26-27(33)28(29)32-17-31-26/h2-13,17H,14-16H2,(H2,29,31,32). The highest BCUT2D eigenvalue weighted by atomic mass is 16.5. The first-order valence-electron chi connectivity index (χ1n) is 11.4. The normalized spacial score (nSPS) is 12.3. The fourth-order valence-electron chi connectivity index (χ4n) is 4.41. The van der Waals surface area contributed by atoms with Gasteiger partial charge in [-0.15, -0.1) is 0 Å². The molecule has 0 unspecified atom stereocenters. The summed E-state index contributed by atoms with van der Waals surface area (Å²) in [5, 5.41) is 0. The van der Waals surface area contributed by atoms with Crippen molar-refractivity contribution in [2.24, 2.45) is 0 Å². The highest BCUT2D eigenvalue weighted by Crippen LogP contribution is 2.36. The van der Waals surface area contributed by atoms with Crippen LogP contribution in [0.1, 0.15) is 16.8 Å². The van der Waals surface area contributed by atoms with Gasteiger partial charge in [0.05, 0.1) is 25.5 Å². The van der Waals surface area contributed by atoms with Crippen molar-refractivity contribution in [3.05, 3.63) is 107 Å². The number of hydrogen-bond acceptors (Lipinski definition) is 6. The molecule has 0 saturated heterocycles. The highest BCUT2D eigenvalue weighted by Gasteiger charge is 2.25. The molecule has 8 nitrogen and oxygen atoms in total. The van der Waals surface area contributed by atoms with Crippen LogP contribution in [-0.2, 0) is 24.6 Å². The molecule has 0 radical (unpaired) electrons. The topological polar surface area (TPSA) is 88.8 Å². The average molecular weight is 476 g/mol. The molecule has 0 saturated carbocycles. The quantitative estimate of drug-likeness (QED) is 0.305. The van der Waals surface area contributed by atoms with Gasteiger partial charge in [0.25, 0.3) is 0 Å². The minimum absolute atomic E-state index is 0.333. The number of fused-ring (bicyclic) bond motifs is 3. The molecule has 2 aromatic heterocycles. The number of ether oxygens (including phenoxy) is 3. The van der Waals surface area contributed by atoms with E-state index in [1.54, 1.807) is 12.1 Å². The monoisotopic (exact) mass is 475 g/mol. The van der Waals surface area contributed by atoms with Crippen LogP contribution in [0.25, 0.3) is 21.6 Å². The summed E-state index contributed by atoms with van der Waals surface area (Å²) in [5.41, 5.74) is 12.3. The molecule has 0 amide bonds. The Bertz CT molecular complexity index is 1620.